The molecule has 4 rings (SSSR count). The normalized spacial score (nSPS) is 11.0. The Morgan fingerprint density at radius 2 is 1.55 bits per heavy atom. The molecule has 0 radical (unpaired) electrons. The Labute approximate surface area is 129 Å². The van der Waals surface area contributed by atoms with Gasteiger partial charge in [0.25, 0.3) is 0 Å². The molecule has 0 saturated carbocycles. The summed E-state index contributed by atoms with van der Waals surface area (Å²) in [5.74, 6) is 0. The summed E-state index contributed by atoms with van der Waals surface area (Å²) in [6.07, 6.45) is 0. The molecule has 0 aliphatic rings. The molecule has 0 atom stereocenters. The fourth-order valence-corrected chi connectivity index (χ4v) is 2.89. The minimum Gasteiger partial charge on any atom is -0.277 e. The maximum atomic E-state index is 4.50. The highest BCUT2D eigenvalue weighted by atomic mass is 15.1. The van der Waals surface area contributed by atoms with Gasteiger partial charge >= 0.3 is 0 Å². The van der Waals surface area contributed by atoms with E-state index in [9.17, 15) is 0 Å². The average Bonchev–Trinajstić information content (AvgIpc) is 2.99. The maximum Gasteiger partial charge on any atom is 0.0999 e. The fraction of sp³-hybridized carbons (Fsp3) is 0.0500. The summed E-state index contributed by atoms with van der Waals surface area (Å²) < 4.78 is 0. The Morgan fingerprint density at radius 1 is 0.773 bits per heavy atom. The van der Waals surface area contributed by atoms with Crippen LogP contribution in [0.1, 0.15) is 5.56 Å². The molecule has 0 spiro atoms. The number of benzene rings is 3. The van der Waals surface area contributed by atoms with Gasteiger partial charge in [-0.1, -0.05) is 60.7 Å². The van der Waals surface area contributed by atoms with E-state index in [1.54, 1.807) is 0 Å². The third kappa shape index (κ3) is 2.09. The number of H-pyrrole nitrogens is 1. The van der Waals surface area contributed by atoms with Gasteiger partial charge in [0.1, 0.15) is 0 Å². The Hall–Kier alpha value is -2.87. The number of nitrogens with one attached hydrogen (secondary N) is 1. The van der Waals surface area contributed by atoms with Crippen molar-refractivity contribution in [1.29, 1.82) is 0 Å². The molecular weight excluding hydrogens is 268 g/mol. The predicted octanol–water partition coefficient (Wildman–Crippen LogP) is 5.21. The van der Waals surface area contributed by atoms with Crippen LogP contribution in [0.2, 0.25) is 0 Å². The zero-order chi connectivity index (χ0) is 14.9. The summed E-state index contributed by atoms with van der Waals surface area (Å²) in [4.78, 5) is 0. The molecule has 0 fully saturated rings. The van der Waals surface area contributed by atoms with Gasteiger partial charge in [0.15, 0.2) is 0 Å². The molecule has 22 heavy (non-hydrogen) atoms. The SMILES string of the molecule is Cc1ccccc1-c1ccc2[nH]nc(-c3ccccc3)c2c1. The van der Waals surface area contributed by atoms with Gasteiger partial charge in [-0.2, -0.15) is 5.10 Å². The number of rotatable bonds is 2. The largest absolute Gasteiger partial charge is 0.277 e. The molecule has 2 nitrogen and oxygen atoms in total. The van der Waals surface area contributed by atoms with Crippen LogP contribution in [0.5, 0.6) is 0 Å². The summed E-state index contributed by atoms with van der Waals surface area (Å²) in [5, 5.41) is 8.79. The second-order valence-corrected chi connectivity index (χ2v) is 5.51. The first-order valence-electron chi connectivity index (χ1n) is 7.42. The van der Waals surface area contributed by atoms with Crippen LogP contribution in [-0.4, -0.2) is 10.2 Å². The van der Waals surface area contributed by atoms with Crippen molar-refractivity contribution in [3.05, 3.63) is 78.4 Å². The molecule has 0 unspecified atom stereocenters. The highest BCUT2D eigenvalue weighted by Crippen LogP contribution is 2.31. The van der Waals surface area contributed by atoms with Crippen molar-refractivity contribution in [2.24, 2.45) is 0 Å². The van der Waals surface area contributed by atoms with E-state index >= 15 is 0 Å². The first kappa shape index (κ1) is 12.8. The maximum absolute atomic E-state index is 4.50. The van der Waals surface area contributed by atoms with Crippen molar-refractivity contribution in [1.82, 2.24) is 10.2 Å². The third-order valence-electron chi connectivity index (χ3n) is 4.07. The van der Waals surface area contributed by atoms with Crippen LogP contribution in [0.3, 0.4) is 0 Å². The van der Waals surface area contributed by atoms with Crippen molar-refractivity contribution in [2.75, 3.05) is 0 Å². The zero-order valence-corrected chi connectivity index (χ0v) is 12.4. The molecule has 0 aliphatic carbocycles. The number of nitrogens with zero attached hydrogens (tertiary/aromatic N) is 1. The van der Waals surface area contributed by atoms with Gasteiger partial charge < -0.3 is 0 Å². The zero-order valence-electron chi connectivity index (χ0n) is 12.4. The lowest BCUT2D eigenvalue weighted by Gasteiger charge is -2.06. The van der Waals surface area contributed by atoms with Crippen molar-refractivity contribution >= 4 is 10.9 Å². The minimum absolute atomic E-state index is 1.01. The number of hydrogen-bond donors (Lipinski definition) is 1. The minimum atomic E-state index is 1.01. The molecule has 0 aliphatic heterocycles. The van der Waals surface area contributed by atoms with Crippen molar-refractivity contribution in [3.8, 4) is 22.4 Å². The summed E-state index contributed by atoms with van der Waals surface area (Å²) in [7, 11) is 0. The van der Waals surface area contributed by atoms with Gasteiger partial charge in [0.05, 0.1) is 11.2 Å². The Bertz CT molecular complexity index is 936. The van der Waals surface area contributed by atoms with Crippen LogP contribution >= 0.6 is 0 Å². The van der Waals surface area contributed by atoms with Gasteiger partial charge in [0, 0.05) is 10.9 Å². The topological polar surface area (TPSA) is 28.7 Å². The molecule has 1 N–H and O–H groups in total. The Balaban J connectivity index is 1.92. The third-order valence-corrected chi connectivity index (χ3v) is 4.07. The molecule has 1 aromatic heterocycles. The Kier molecular flexibility index (Phi) is 3.01. The molecule has 0 amide bonds. The molecule has 1 heterocycles. The highest BCUT2D eigenvalue weighted by molar-refractivity contribution is 5.95. The quantitative estimate of drug-likeness (QED) is 0.538. The lowest BCUT2D eigenvalue weighted by atomic mass is 9.98. The smallest absolute Gasteiger partial charge is 0.0999 e. The van der Waals surface area contributed by atoms with Crippen LogP contribution in [0.4, 0.5) is 0 Å². The molecule has 0 bridgehead atoms. The van der Waals surface area contributed by atoms with Gasteiger partial charge in [-0.05, 0) is 35.7 Å². The summed E-state index contributed by atoms with van der Waals surface area (Å²) in [5.41, 5.74) is 6.98. The first-order chi connectivity index (χ1) is 10.8. The lowest BCUT2D eigenvalue weighted by molar-refractivity contribution is 1.12. The van der Waals surface area contributed by atoms with Crippen LogP contribution in [0, 0.1) is 6.92 Å². The van der Waals surface area contributed by atoms with E-state index in [2.05, 4.69) is 71.7 Å². The van der Waals surface area contributed by atoms with E-state index < -0.39 is 0 Å². The van der Waals surface area contributed by atoms with E-state index in [-0.39, 0.29) is 0 Å². The number of hydrogen-bond acceptors (Lipinski definition) is 1. The number of aromatic nitrogens is 2. The standard InChI is InChI=1S/C20H16N2/c1-14-7-5-6-10-17(14)16-11-12-19-18(13-16)20(22-21-19)15-8-3-2-4-9-15/h2-13H,1H3,(H,21,22). The van der Waals surface area contributed by atoms with Gasteiger partial charge in [-0.15, -0.1) is 0 Å². The van der Waals surface area contributed by atoms with Gasteiger partial charge in [0.2, 0.25) is 0 Å². The van der Waals surface area contributed by atoms with Crippen LogP contribution in [0.15, 0.2) is 72.8 Å². The van der Waals surface area contributed by atoms with E-state index in [1.807, 2.05) is 18.2 Å². The predicted molar refractivity (Wildman–Crippen MR) is 91.7 cm³/mol. The summed E-state index contributed by atoms with van der Waals surface area (Å²) in [6, 6.07) is 25.2. The van der Waals surface area contributed by atoms with E-state index in [1.165, 1.54) is 16.7 Å². The van der Waals surface area contributed by atoms with Crippen LogP contribution < -0.4 is 0 Å². The molecule has 4 aromatic rings. The van der Waals surface area contributed by atoms with Gasteiger partial charge in [-0.3, -0.25) is 5.10 Å². The second-order valence-electron chi connectivity index (χ2n) is 5.51. The van der Waals surface area contributed by atoms with Crippen molar-refractivity contribution in [2.45, 2.75) is 6.92 Å². The first-order valence-corrected chi connectivity index (χ1v) is 7.42. The summed E-state index contributed by atoms with van der Waals surface area (Å²) in [6.45, 7) is 2.15. The monoisotopic (exact) mass is 284 g/mol. The number of aryl methyl sites for hydroxylation is 1. The van der Waals surface area contributed by atoms with Gasteiger partial charge in [-0.25, -0.2) is 0 Å². The lowest BCUT2D eigenvalue weighted by Crippen LogP contribution is -1.83. The Morgan fingerprint density at radius 3 is 2.36 bits per heavy atom. The molecule has 2 heteroatoms. The molecular formula is C20H16N2. The summed E-state index contributed by atoms with van der Waals surface area (Å²) >= 11 is 0. The molecule has 106 valence electrons. The average molecular weight is 284 g/mol. The second kappa shape index (κ2) is 5.15. The fourth-order valence-electron chi connectivity index (χ4n) is 2.89. The van der Waals surface area contributed by atoms with Crippen LogP contribution in [0.25, 0.3) is 33.3 Å². The molecule has 3 aromatic carbocycles. The van der Waals surface area contributed by atoms with Crippen LogP contribution in [-0.2, 0) is 0 Å². The van der Waals surface area contributed by atoms with E-state index in [4.69, 9.17) is 0 Å². The van der Waals surface area contributed by atoms with Crippen molar-refractivity contribution in [3.63, 3.8) is 0 Å². The highest BCUT2D eigenvalue weighted by Gasteiger charge is 2.10. The van der Waals surface area contributed by atoms with Crippen molar-refractivity contribution < 1.29 is 0 Å². The number of aromatic amines is 1. The molecule has 0 saturated heterocycles. The number of fused-ring (bicyclic) bond motifs is 1. The van der Waals surface area contributed by atoms with E-state index in [0.29, 0.717) is 0 Å². The van der Waals surface area contributed by atoms with E-state index in [0.717, 1.165) is 22.2 Å².